The van der Waals surface area contributed by atoms with Gasteiger partial charge in [0.05, 0.1) is 0 Å². The van der Waals surface area contributed by atoms with Crippen molar-refractivity contribution in [1.29, 1.82) is 0 Å². The predicted octanol–water partition coefficient (Wildman–Crippen LogP) is 6.04. The average Bonchev–Trinajstić information content (AvgIpc) is 2.47. The molecule has 1 atom stereocenters. The summed E-state index contributed by atoms with van der Waals surface area (Å²) in [5, 5.41) is 5.07. The number of rotatable bonds is 6. The molecule has 2 aromatic carbocycles. The molecule has 1 unspecified atom stereocenters. The summed E-state index contributed by atoms with van der Waals surface area (Å²) in [5.74, 6) is 0. The van der Waals surface area contributed by atoms with Crippen molar-refractivity contribution in [2.24, 2.45) is 0 Å². The van der Waals surface area contributed by atoms with Crippen molar-refractivity contribution in [1.82, 2.24) is 5.32 Å². The van der Waals surface area contributed by atoms with Crippen LogP contribution in [0.25, 0.3) is 0 Å². The molecule has 0 saturated heterocycles. The zero-order chi connectivity index (χ0) is 15.2. The van der Waals surface area contributed by atoms with Crippen LogP contribution < -0.4 is 5.32 Å². The van der Waals surface area contributed by atoms with E-state index in [1.165, 1.54) is 5.56 Å². The number of hydrogen-bond donors (Lipinski definition) is 1. The lowest BCUT2D eigenvalue weighted by Gasteiger charge is -2.20. The van der Waals surface area contributed by atoms with Gasteiger partial charge in [0, 0.05) is 20.6 Å². The van der Waals surface area contributed by atoms with Crippen LogP contribution in [0.1, 0.15) is 30.5 Å². The molecule has 1 N–H and O–H groups in total. The molecule has 2 rings (SSSR count). The molecule has 0 aliphatic heterocycles. The van der Waals surface area contributed by atoms with E-state index in [4.69, 9.17) is 23.2 Å². The molecule has 0 saturated carbocycles. The Morgan fingerprint density at radius 2 is 1.95 bits per heavy atom. The highest BCUT2D eigenvalue weighted by Gasteiger charge is 2.14. The highest BCUT2D eigenvalue weighted by atomic mass is 79.9. The van der Waals surface area contributed by atoms with E-state index in [0.717, 1.165) is 39.5 Å². The van der Waals surface area contributed by atoms with Crippen LogP contribution in [0.4, 0.5) is 0 Å². The molecule has 1 nitrogen and oxygen atoms in total. The van der Waals surface area contributed by atoms with Gasteiger partial charge in [-0.3, -0.25) is 0 Å². The predicted molar refractivity (Wildman–Crippen MR) is 95.3 cm³/mol. The van der Waals surface area contributed by atoms with E-state index in [9.17, 15) is 0 Å². The SMILES string of the molecule is CCCNC(Cc1cc(Cl)ccc1Cl)c1cccc(Br)c1. The molecular weight excluding hydrogens is 369 g/mol. The quantitative estimate of drug-likeness (QED) is 0.638. The summed E-state index contributed by atoms with van der Waals surface area (Å²) in [6.45, 7) is 3.13. The van der Waals surface area contributed by atoms with E-state index in [0.29, 0.717) is 0 Å². The van der Waals surface area contributed by atoms with Crippen molar-refractivity contribution in [2.45, 2.75) is 25.8 Å². The van der Waals surface area contributed by atoms with Gasteiger partial charge in [0.15, 0.2) is 0 Å². The van der Waals surface area contributed by atoms with Gasteiger partial charge in [-0.1, -0.05) is 58.2 Å². The summed E-state index contributed by atoms with van der Waals surface area (Å²) in [6, 6.07) is 14.2. The highest BCUT2D eigenvalue weighted by molar-refractivity contribution is 9.10. The van der Waals surface area contributed by atoms with Crippen molar-refractivity contribution < 1.29 is 0 Å². The van der Waals surface area contributed by atoms with E-state index in [-0.39, 0.29) is 6.04 Å². The monoisotopic (exact) mass is 385 g/mol. The van der Waals surface area contributed by atoms with Gasteiger partial charge in [0.2, 0.25) is 0 Å². The van der Waals surface area contributed by atoms with E-state index >= 15 is 0 Å². The van der Waals surface area contributed by atoms with Crippen molar-refractivity contribution in [2.75, 3.05) is 6.54 Å². The van der Waals surface area contributed by atoms with E-state index in [1.807, 2.05) is 24.3 Å². The maximum absolute atomic E-state index is 6.30. The Kier molecular flexibility index (Phi) is 6.56. The number of halogens is 3. The fraction of sp³-hybridized carbons (Fsp3) is 0.294. The first-order valence-electron chi connectivity index (χ1n) is 7.03. The second-order valence-corrected chi connectivity index (χ2v) is 6.76. The standard InChI is InChI=1S/C17H18BrCl2N/c1-2-8-21-17(12-4-3-5-14(18)9-12)11-13-10-15(19)6-7-16(13)20/h3-7,9-10,17,21H,2,8,11H2,1H3. The van der Waals surface area contributed by atoms with Crippen LogP contribution in [0.15, 0.2) is 46.9 Å². The topological polar surface area (TPSA) is 12.0 Å². The van der Waals surface area contributed by atoms with Crippen molar-refractivity contribution >= 4 is 39.1 Å². The van der Waals surface area contributed by atoms with Crippen molar-refractivity contribution in [3.05, 3.63) is 68.1 Å². The molecule has 0 amide bonds. The molecule has 0 spiro atoms. The first-order valence-corrected chi connectivity index (χ1v) is 8.58. The summed E-state index contributed by atoms with van der Waals surface area (Å²) < 4.78 is 1.08. The third-order valence-corrected chi connectivity index (χ3v) is 4.42. The maximum atomic E-state index is 6.30. The van der Waals surface area contributed by atoms with E-state index < -0.39 is 0 Å². The van der Waals surface area contributed by atoms with Crippen LogP contribution in [0.3, 0.4) is 0 Å². The van der Waals surface area contributed by atoms with Gasteiger partial charge in [0.1, 0.15) is 0 Å². The smallest absolute Gasteiger partial charge is 0.0439 e. The Balaban J connectivity index is 2.25. The molecule has 0 fully saturated rings. The molecule has 0 aliphatic rings. The van der Waals surface area contributed by atoms with Gasteiger partial charge >= 0.3 is 0 Å². The normalized spacial score (nSPS) is 12.4. The molecule has 112 valence electrons. The van der Waals surface area contributed by atoms with Crippen LogP contribution in [-0.4, -0.2) is 6.54 Å². The van der Waals surface area contributed by atoms with Crippen molar-refractivity contribution in [3.8, 4) is 0 Å². The molecule has 0 aromatic heterocycles. The number of hydrogen-bond acceptors (Lipinski definition) is 1. The highest BCUT2D eigenvalue weighted by Crippen LogP contribution is 2.27. The minimum atomic E-state index is 0.221. The Bertz CT molecular complexity index is 601. The van der Waals surface area contributed by atoms with Gasteiger partial charge in [-0.05, 0) is 60.8 Å². The fourth-order valence-corrected chi connectivity index (χ4v) is 3.08. The van der Waals surface area contributed by atoms with Crippen LogP contribution in [-0.2, 0) is 6.42 Å². The van der Waals surface area contributed by atoms with Crippen molar-refractivity contribution in [3.63, 3.8) is 0 Å². The molecule has 0 bridgehead atoms. The first kappa shape index (κ1) is 16.8. The Hall–Kier alpha value is -0.540. The molecule has 2 aromatic rings. The largest absolute Gasteiger partial charge is 0.310 e. The maximum Gasteiger partial charge on any atom is 0.0439 e. The average molecular weight is 387 g/mol. The van der Waals surface area contributed by atoms with Crippen LogP contribution in [0, 0.1) is 0 Å². The Labute approximate surface area is 144 Å². The van der Waals surface area contributed by atoms with Gasteiger partial charge in [-0.15, -0.1) is 0 Å². The molecule has 0 heterocycles. The minimum absolute atomic E-state index is 0.221. The van der Waals surface area contributed by atoms with Gasteiger partial charge < -0.3 is 5.32 Å². The van der Waals surface area contributed by atoms with E-state index in [1.54, 1.807) is 0 Å². The fourth-order valence-electron chi connectivity index (χ4n) is 2.27. The third kappa shape index (κ3) is 5.00. The van der Waals surface area contributed by atoms with Crippen LogP contribution >= 0.6 is 39.1 Å². The van der Waals surface area contributed by atoms with Gasteiger partial charge in [-0.25, -0.2) is 0 Å². The second-order valence-electron chi connectivity index (χ2n) is 5.00. The van der Waals surface area contributed by atoms with Crippen LogP contribution in [0.5, 0.6) is 0 Å². The third-order valence-electron chi connectivity index (χ3n) is 3.32. The Morgan fingerprint density at radius 1 is 1.14 bits per heavy atom. The Morgan fingerprint density at radius 3 is 2.67 bits per heavy atom. The number of benzene rings is 2. The zero-order valence-corrected chi connectivity index (χ0v) is 15.0. The second kappa shape index (κ2) is 8.19. The summed E-state index contributed by atoms with van der Waals surface area (Å²) in [7, 11) is 0. The zero-order valence-electron chi connectivity index (χ0n) is 11.9. The minimum Gasteiger partial charge on any atom is -0.310 e. The lowest BCUT2D eigenvalue weighted by atomic mass is 9.98. The molecular formula is C17H18BrCl2N. The first-order chi connectivity index (χ1) is 10.1. The molecule has 21 heavy (non-hydrogen) atoms. The molecule has 0 aliphatic carbocycles. The molecule has 4 heteroatoms. The number of nitrogens with one attached hydrogen (secondary N) is 1. The summed E-state index contributed by atoms with van der Waals surface area (Å²) in [4.78, 5) is 0. The van der Waals surface area contributed by atoms with Gasteiger partial charge in [-0.2, -0.15) is 0 Å². The molecule has 0 radical (unpaired) electrons. The van der Waals surface area contributed by atoms with Crippen LogP contribution in [0.2, 0.25) is 10.0 Å². The van der Waals surface area contributed by atoms with E-state index in [2.05, 4.69) is 46.4 Å². The summed E-state index contributed by atoms with van der Waals surface area (Å²) in [6.07, 6.45) is 1.91. The lowest BCUT2D eigenvalue weighted by molar-refractivity contribution is 0.529. The lowest BCUT2D eigenvalue weighted by Crippen LogP contribution is -2.24. The summed E-state index contributed by atoms with van der Waals surface area (Å²) >= 11 is 15.9. The van der Waals surface area contributed by atoms with Gasteiger partial charge in [0.25, 0.3) is 0 Å². The summed E-state index contributed by atoms with van der Waals surface area (Å²) in [5.41, 5.74) is 2.31.